The van der Waals surface area contributed by atoms with Crippen molar-refractivity contribution >= 4 is 0 Å². The van der Waals surface area contributed by atoms with Gasteiger partial charge in [0, 0.05) is 6.61 Å². The van der Waals surface area contributed by atoms with Crippen LogP contribution in [0.15, 0.2) is 12.8 Å². The molecule has 13 heteroatoms. The Morgan fingerprint density at radius 2 is 0.451 bits per heavy atom. The van der Waals surface area contributed by atoms with Gasteiger partial charge in [0.05, 0.1) is 158 Å². The molecule has 0 aromatic rings. The van der Waals surface area contributed by atoms with Gasteiger partial charge in [-0.1, -0.05) is 71.3 Å². The molecule has 13 nitrogen and oxygen atoms in total. The zero-order chi connectivity index (χ0) is 36.6. The van der Waals surface area contributed by atoms with E-state index in [2.05, 4.69) is 13.5 Å². The second kappa shape index (κ2) is 49.1. The van der Waals surface area contributed by atoms with Crippen molar-refractivity contribution in [2.75, 3.05) is 165 Å². The van der Waals surface area contributed by atoms with Crippen LogP contribution in [0.25, 0.3) is 0 Å². The molecule has 51 heavy (non-hydrogen) atoms. The van der Waals surface area contributed by atoms with Crippen LogP contribution in [0.4, 0.5) is 0 Å². The van der Waals surface area contributed by atoms with Crippen LogP contribution >= 0.6 is 0 Å². The monoisotopic (exact) mass is 741 g/mol. The summed E-state index contributed by atoms with van der Waals surface area (Å²) in [5, 5.41) is 0. The Morgan fingerprint density at radius 1 is 0.255 bits per heavy atom. The van der Waals surface area contributed by atoms with Crippen LogP contribution in [0.1, 0.15) is 71.1 Å². The second-order valence-electron chi connectivity index (χ2n) is 11.6. The maximum absolute atomic E-state index is 5.65. The second-order valence-corrected chi connectivity index (χ2v) is 11.6. The average molecular weight is 741 g/mol. The molecule has 0 spiro atoms. The van der Waals surface area contributed by atoms with Gasteiger partial charge >= 0.3 is 0 Å². The topological polar surface area (TPSA) is 120 Å². The third kappa shape index (κ3) is 49.1. The molecule has 0 atom stereocenters. The van der Waals surface area contributed by atoms with Crippen LogP contribution in [0, 0.1) is 0 Å². The standard InChI is InChI=1S/C38H76O13/c1-3-5-6-7-8-9-10-11-12-13-14-40-17-18-42-21-22-44-25-26-46-29-30-48-33-34-50-37-38-51-36-35-49-32-31-47-28-27-45-24-23-43-20-19-41-16-15-39-4-2/h4H,2-3,5-38H2,1H3. The minimum Gasteiger partial charge on any atom is -0.499 e. The molecule has 0 aromatic heterocycles. The van der Waals surface area contributed by atoms with Crippen molar-refractivity contribution in [2.24, 2.45) is 0 Å². The third-order valence-electron chi connectivity index (χ3n) is 7.20. The van der Waals surface area contributed by atoms with Crippen LogP contribution in [0.2, 0.25) is 0 Å². The fourth-order valence-electron chi connectivity index (χ4n) is 4.40. The predicted octanol–water partition coefficient (Wildman–Crippen LogP) is 5.27. The lowest BCUT2D eigenvalue weighted by Gasteiger charge is -2.09. The van der Waals surface area contributed by atoms with Crippen LogP contribution < -0.4 is 0 Å². The zero-order valence-electron chi connectivity index (χ0n) is 32.3. The molecular formula is C38H76O13. The van der Waals surface area contributed by atoms with Crippen molar-refractivity contribution < 1.29 is 61.6 Å². The zero-order valence-corrected chi connectivity index (χ0v) is 32.3. The van der Waals surface area contributed by atoms with Gasteiger partial charge in [-0.25, -0.2) is 0 Å². The van der Waals surface area contributed by atoms with E-state index >= 15 is 0 Å². The van der Waals surface area contributed by atoms with Gasteiger partial charge in [-0.3, -0.25) is 0 Å². The molecule has 0 bridgehead atoms. The van der Waals surface area contributed by atoms with Crippen molar-refractivity contribution in [3.05, 3.63) is 12.8 Å². The molecule has 0 rings (SSSR count). The molecule has 0 amide bonds. The molecule has 306 valence electrons. The van der Waals surface area contributed by atoms with E-state index in [0.29, 0.717) is 159 Å². The molecule has 0 aromatic carbocycles. The third-order valence-corrected chi connectivity index (χ3v) is 7.20. The van der Waals surface area contributed by atoms with Gasteiger partial charge in [0.1, 0.15) is 6.61 Å². The Morgan fingerprint density at radius 3 is 0.686 bits per heavy atom. The largest absolute Gasteiger partial charge is 0.499 e. The molecule has 0 unspecified atom stereocenters. The summed E-state index contributed by atoms with van der Waals surface area (Å²) in [6.45, 7) is 19.4. The van der Waals surface area contributed by atoms with Crippen molar-refractivity contribution in [3.8, 4) is 0 Å². The lowest BCUT2D eigenvalue weighted by atomic mass is 10.1. The van der Waals surface area contributed by atoms with E-state index in [0.717, 1.165) is 13.0 Å². The van der Waals surface area contributed by atoms with Crippen LogP contribution in [-0.2, 0) is 61.6 Å². The smallest absolute Gasteiger partial charge is 0.111 e. The van der Waals surface area contributed by atoms with Crippen LogP contribution in [-0.4, -0.2) is 165 Å². The first kappa shape index (κ1) is 50.1. The lowest BCUT2D eigenvalue weighted by Crippen LogP contribution is -2.15. The van der Waals surface area contributed by atoms with E-state index in [4.69, 9.17) is 61.6 Å². The lowest BCUT2D eigenvalue weighted by molar-refractivity contribution is -0.0286. The van der Waals surface area contributed by atoms with Gasteiger partial charge in [-0.05, 0) is 6.42 Å². The van der Waals surface area contributed by atoms with Gasteiger partial charge in [0.15, 0.2) is 0 Å². The number of hydrogen-bond acceptors (Lipinski definition) is 13. The van der Waals surface area contributed by atoms with E-state index in [1.165, 1.54) is 64.0 Å². The fourth-order valence-corrected chi connectivity index (χ4v) is 4.40. The molecule has 0 aliphatic heterocycles. The van der Waals surface area contributed by atoms with Crippen molar-refractivity contribution in [1.82, 2.24) is 0 Å². The molecule has 0 saturated heterocycles. The summed E-state index contributed by atoms with van der Waals surface area (Å²) in [5.74, 6) is 0. The fraction of sp³-hybridized carbons (Fsp3) is 0.947. The van der Waals surface area contributed by atoms with Gasteiger partial charge in [0.2, 0.25) is 0 Å². The number of rotatable bonds is 48. The quantitative estimate of drug-likeness (QED) is 0.0596. The van der Waals surface area contributed by atoms with Gasteiger partial charge in [-0.2, -0.15) is 0 Å². The summed E-state index contributed by atoms with van der Waals surface area (Å²) in [5.41, 5.74) is 0. The molecule has 0 N–H and O–H groups in total. The van der Waals surface area contributed by atoms with Crippen molar-refractivity contribution in [2.45, 2.75) is 71.1 Å². The van der Waals surface area contributed by atoms with E-state index in [1.807, 2.05) is 0 Å². The Hall–Kier alpha value is -0.940. The maximum atomic E-state index is 5.65. The first-order valence-electron chi connectivity index (χ1n) is 19.6. The summed E-state index contributed by atoms with van der Waals surface area (Å²) in [6, 6.07) is 0. The highest BCUT2D eigenvalue weighted by atomic mass is 16.6. The van der Waals surface area contributed by atoms with Crippen molar-refractivity contribution in [3.63, 3.8) is 0 Å². The first-order valence-corrected chi connectivity index (χ1v) is 19.6. The van der Waals surface area contributed by atoms with Gasteiger partial charge in [0.25, 0.3) is 0 Å². The SMILES string of the molecule is C=COCCOCCOCCOCCOCCOCCOCCOCCOCCOCCOCCOCCOCCCCCCCCCCCC. The van der Waals surface area contributed by atoms with Crippen LogP contribution in [0.3, 0.4) is 0 Å². The summed E-state index contributed by atoms with van der Waals surface area (Å²) in [6.07, 6.45) is 14.8. The minimum atomic E-state index is 0.503. The van der Waals surface area contributed by atoms with Gasteiger partial charge < -0.3 is 61.6 Å². The summed E-state index contributed by atoms with van der Waals surface area (Å²) >= 11 is 0. The van der Waals surface area contributed by atoms with E-state index in [9.17, 15) is 0 Å². The highest BCUT2D eigenvalue weighted by Gasteiger charge is 1.98. The normalized spacial score (nSPS) is 11.5. The molecular weight excluding hydrogens is 664 g/mol. The Kier molecular flexibility index (Phi) is 48.2. The maximum Gasteiger partial charge on any atom is 0.111 e. The van der Waals surface area contributed by atoms with Crippen LogP contribution in [0.5, 0.6) is 0 Å². The Bertz CT molecular complexity index is 618. The predicted molar refractivity (Wildman–Crippen MR) is 198 cm³/mol. The molecule has 0 aliphatic rings. The highest BCUT2D eigenvalue weighted by molar-refractivity contribution is 4.49. The van der Waals surface area contributed by atoms with E-state index < -0.39 is 0 Å². The van der Waals surface area contributed by atoms with Gasteiger partial charge in [-0.15, -0.1) is 0 Å². The average Bonchev–Trinajstić information content (AvgIpc) is 3.14. The highest BCUT2D eigenvalue weighted by Crippen LogP contribution is 2.10. The van der Waals surface area contributed by atoms with E-state index in [-0.39, 0.29) is 0 Å². The number of hydrogen-bond donors (Lipinski definition) is 0. The summed E-state index contributed by atoms with van der Waals surface area (Å²) < 4.78 is 70.8. The molecule has 0 saturated carbocycles. The summed E-state index contributed by atoms with van der Waals surface area (Å²) in [7, 11) is 0. The summed E-state index contributed by atoms with van der Waals surface area (Å²) in [4.78, 5) is 0. The van der Waals surface area contributed by atoms with Crippen molar-refractivity contribution in [1.29, 1.82) is 0 Å². The minimum absolute atomic E-state index is 0.503. The number of ether oxygens (including phenoxy) is 13. The molecule has 0 fully saturated rings. The molecule has 0 aliphatic carbocycles. The van der Waals surface area contributed by atoms with E-state index in [1.54, 1.807) is 0 Å². The number of unbranched alkanes of at least 4 members (excludes halogenated alkanes) is 9. The Labute approximate surface area is 310 Å². The molecule has 0 radical (unpaired) electrons. The Balaban J connectivity index is 3.04. The first-order chi connectivity index (χ1) is 25.4. The molecule has 0 heterocycles.